The van der Waals surface area contributed by atoms with Crippen LogP contribution in [0.2, 0.25) is 0 Å². The van der Waals surface area contributed by atoms with Crippen molar-refractivity contribution in [2.45, 2.75) is 57.3 Å². The molecule has 3 aromatic rings. The monoisotopic (exact) mass is 565 g/mol. The molecule has 0 spiro atoms. The van der Waals surface area contributed by atoms with Crippen LogP contribution in [-0.4, -0.2) is 54.5 Å². The van der Waals surface area contributed by atoms with Gasteiger partial charge in [0.15, 0.2) is 6.61 Å². The van der Waals surface area contributed by atoms with Crippen LogP contribution in [0.15, 0.2) is 54.7 Å². The Hall–Kier alpha value is -4.22. The number of nitrogens with one attached hydrogen (secondary N) is 1. The highest BCUT2D eigenvalue weighted by molar-refractivity contribution is 5.94. The lowest BCUT2D eigenvalue weighted by atomic mass is 9.83. The van der Waals surface area contributed by atoms with Gasteiger partial charge in [0.25, 0.3) is 11.8 Å². The first kappa shape index (κ1) is 29.3. The number of nitrogens with zero attached hydrogens (tertiary/aromatic N) is 3. The van der Waals surface area contributed by atoms with Crippen LogP contribution in [0.4, 0.5) is 0 Å². The van der Waals surface area contributed by atoms with Crippen LogP contribution in [0, 0.1) is 11.3 Å². The van der Waals surface area contributed by atoms with E-state index in [1.165, 1.54) is 23.1 Å². The zero-order chi connectivity index (χ0) is 29.3. The fourth-order valence-corrected chi connectivity index (χ4v) is 6.10. The van der Waals surface area contributed by atoms with Crippen LogP contribution in [0.25, 0.3) is 11.3 Å². The molecule has 0 unspecified atom stereocenters. The Kier molecular flexibility index (Phi) is 9.83. The third-order valence-electron chi connectivity index (χ3n) is 8.42. The number of fused-ring (bicyclic) bond motifs is 1. The maximum Gasteiger partial charge on any atom is 0.255 e. The number of aromatic nitrogens is 1. The van der Waals surface area contributed by atoms with Crippen molar-refractivity contribution in [1.29, 1.82) is 5.26 Å². The van der Waals surface area contributed by atoms with Crippen molar-refractivity contribution in [2.75, 3.05) is 32.8 Å². The molecule has 218 valence electrons. The molecular weight excluding hydrogens is 526 g/mol. The first-order valence-corrected chi connectivity index (χ1v) is 15.0. The van der Waals surface area contributed by atoms with Gasteiger partial charge in [-0.2, -0.15) is 5.26 Å². The maximum absolute atomic E-state index is 12.6. The summed E-state index contributed by atoms with van der Waals surface area (Å²) in [6, 6.07) is 17.5. The number of nitriles is 1. The van der Waals surface area contributed by atoms with Crippen molar-refractivity contribution >= 4 is 11.8 Å². The van der Waals surface area contributed by atoms with Gasteiger partial charge in [-0.15, -0.1) is 0 Å². The summed E-state index contributed by atoms with van der Waals surface area (Å²) in [7, 11) is 0. The number of benzene rings is 2. The largest absolute Gasteiger partial charge is 0.483 e. The van der Waals surface area contributed by atoms with Crippen LogP contribution < -0.4 is 15.8 Å². The van der Waals surface area contributed by atoms with Gasteiger partial charge < -0.3 is 20.7 Å². The van der Waals surface area contributed by atoms with E-state index >= 15 is 0 Å². The molecular formula is C34H39N5O3. The highest BCUT2D eigenvalue weighted by Crippen LogP contribution is 2.40. The van der Waals surface area contributed by atoms with Gasteiger partial charge in [-0.05, 0) is 118 Å². The first-order valence-electron chi connectivity index (χ1n) is 15.0. The van der Waals surface area contributed by atoms with E-state index in [-0.39, 0.29) is 12.5 Å². The van der Waals surface area contributed by atoms with Crippen molar-refractivity contribution in [3.05, 3.63) is 82.5 Å². The lowest BCUT2D eigenvalue weighted by molar-refractivity contribution is -0.120. The van der Waals surface area contributed by atoms with Crippen molar-refractivity contribution < 1.29 is 14.3 Å². The lowest BCUT2D eigenvalue weighted by Crippen LogP contribution is -2.34. The Labute approximate surface area is 247 Å². The van der Waals surface area contributed by atoms with Gasteiger partial charge in [-0.3, -0.25) is 14.6 Å². The van der Waals surface area contributed by atoms with Gasteiger partial charge in [0.1, 0.15) is 11.8 Å². The van der Waals surface area contributed by atoms with Crippen LogP contribution in [-0.2, 0) is 17.6 Å². The van der Waals surface area contributed by atoms with Crippen molar-refractivity contribution in [3.63, 3.8) is 0 Å². The highest BCUT2D eigenvalue weighted by atomic mass is 16.5. The van der Waals surface area contributed by atoms with Crippen LogP contribution in [0.3, 0.4) is 0 Å². The summed E-state index contributed by atoms with van der Waals surface area (Å²) in [5, 5.41) is 12.0. The summed E-state index contributed by atoms with van der Waals surface area (Å²) in [6.45, 7) is 3.65. The Morgan fingerprint density at radius 2 is 1.81 bits per heavy atom. The number of likely N-dealkylation sites (tertiary alicyclic amines) is 1. The smallest absolute Gasteiger partial charge is 0.255 e. The standard InChI is InChI=1S/C34H39N5O3/c35-21-24-7-14-31(38-22-24)27-8-10-28(11-9-27)34(41)37-17-3-4-18-39-19-15-26(16-20-39)30-13-12-25-5-1-2-6-29(25)33(30)42-23-32(36)40/h7-14,22,26H,1-6,15-20,23H2,(H2,36,40)(H,37,41). The number of amides is 2. The Balaban J connectivity index is 1.04. The minimum Gasteiger partial charge on any atom is -0.483 e. The molecule has 8 nitrogen and oxygen atoms in total. The second-order valence-electron chi connectivity index (χ2n) is 11.3. The summed E-state index contributed by atoms with van der Waals surface area (Å²) in [5.74, 6) is 0.834. The van der Waals surface area contributed by atoms with Crippen molar-refractivity contribution in [3.8, 4) is 23.1 Å². The number of hydrogen-bond acceptors (Lipinski definition) is 6. The van der Waals surface area contributed by atoms with Gasteiger partial charge in [-0.1, -0.05) is 24.3 Å². The maximum atomic E-state index is 12.6. The summed E-state index contributed by atoms with van der Waals surface area (Å²) < 4.78 is 6.02. The normalized spacial score (nSPS) is 15.4. The van der Waals surface area contributed by atoms with E-state index in [1.807, 2.05) is 30.3 Å². The Morgan fingerprint density at radius 1 is 1.02 bits per heavy atom. The number of primary amides is 1. The van der Waals surface area contributed by atoms with E-state index in [4.69, 9.17) is 15.7 Å². The summed E-state index contributed by atoms with van der Waals surface area (Å²) in [4.78, 5) is 30.9. The number of hydrogen-bond donors (Lipinski definition) is 2. The second-order valence-corrected chi connectivity index (χ2v) is 11.3. The molecule has 2 amide bonds. The molecule has 0 atom stereocenters. The summed E-state index contributed by atoms with van der Waals surface area (Å²) in [6.07, 6.45) is 10.1. The molecule has 0 radical (unpaired) electrons. The molecule has 1 fully saturated rings. The molecule has 1 saturated heterocycles. The quantitative estimate of drug-likeness (QED) is 0.324. The van der Waals surface area contributed by atoms with Gasteiger partial charge in [-0.25, -0.2) is 0 Å². The third kappa shape index (κ3) is 7.34. The first-order chi connectivity index (χ1) is 20.5. The van der Waals surface area contributed by atoms with Gasteiger partial charge in [0.2, 0.25) is 0 Å². The molecule has 0 bridgehead atoms. The fourth-order valence-electron chi connectivity index (χ4n) is 6.10. The molecule has 1 aliphatic heterocycles. The Bertz CT molecular complexity index is 1420. The average Bonchev–Trinajstić information content (AvgIpc) is 3.03. The van der Waals surface area contributed by atoms with Crippen LogP contribution in [0.1, 0.15) is 77.1 Å². The zero-order valence-corrected chi connectivity index (χ0v) is 24.1. The molecule has 2 aromatic carbocycles. The van der Waals surface area contributed by atoms with E-state index in [0.29, 0.717) is 23.6 Å². The van der Waals surface area contributed by atoms with E-state index in [1.54, 1.807) is 12.3 Å². The van der Waals surface area contributed by atoms with Crippen LogP contribution in [0.5, 0.6) is 5.75 Å². The molecule has 2 heterocycles. The molecule has 5 rings (SSSR count). The predicted octanol–water partition coefficient (Wildman–Crippen LogP) is 4.75. The number of aryl methyl sites for hydroxylation is 1. The number of rotatable bonds is 11. The SMILES string of the molecule is N#Cc1ccc(-c2ccc(C(=O)NCCCCN3CCC(c4ccc5c(c4OCC(N)=O)CCCC5)CC3)cc2)nc1. The third-order valence-corrected chi connectivity index (χ3v) is 8.42. The lowest BCUT2D eigenvalue weighted by Gasteiger charge is -2.34. The molecule has 1 aliphatic carbocycles. The summed E-state index contributed by atoms with van der Waals surface area (Å²) in [5.41, 5.74) is 12.1. The topological polar surface area (TPSA) is 121 Å². The molecule has 3 N–H and O–H groups in total. The predicted molar refractivity (Wildman–Crippen MR) is 162 cm³/mol. The number of ether oxygens (including phenoxy) is 1. The molecule has 1 aromatic heterocycles. The Morgan fingerprint density at radius 3 is 2.52 bits per heavy atom. The number of nitrogens with two attached hydrogens (primary N) is 1. The minimum absolute atomic E-state index is 0.0692. The molecule has 0 saturated carbocycles. The highest BCUT2D eigenvalue weighted by Gasteiger charge is 2.26. The number of piperidine rings is 1. The van der Waals surface area contributed by atoms with Gasteiger partial charge in [0.05, 0.1) is 11.3 Å². The second kappa shape index (κ2) is 14.1. The number of carbonyl (C=O) groups excluding carboxylic acids is 2. The number of unbranched alkanes of at least 4 members (excludes halogenated alkanes) is 1. The fraction of sp³-hybridized carbons (Fsp3) is 0.412. The average molecular weight is 566 g/mol. The molecule has 2 aliphatic rings. The molecule has 42 heavy (non-hydrogen) atoms. The molecule has 8 heteroatoms. The summed E-state index contributed by atoms with van der Waals surface area (Å²) >= 11 is 0. The van der Waals surface area contributed by atoms with Gasteiger partial charge >= 0.3 is 0 Å². The number of carbonyl (C=O) groups is 2. The van der Waals surface area contributed by atoms with E-state index in [9.17, 15) is 9.59 Å². The van der Waals surface area contributed by atoms with Crippen LogP contribution >= 0.6 is 0 Å². The zero-order valence-electron chi connectivity index (χ0n) is 24.1. The number of pyridine rings is 1. The van der Waals surface area contributed by atoms with Gasteiger partial charge in [0, 0.05) is 23.9 Å². The van der Waals surface area contributed by atoms with E-state index in [0.717, 1.165) is 81.6 Å². The minimum atomic E-state index is -0.435. The van der Waals surface area contributed by atoms with Crippen molar-refractivity contribution in [1.82, 2.24) is 15.2 Å². The van der Waals surface area contributed by atoms with Crippen molar-refractivity contribution in [2.24, 2.45) is 5.73 Å². The van der Waals surface area contributed by atoms with E-state index < -0.39 is 5.91 Å². The van der Waals surface area contributed by atoms with E-state index in [2.05, 4.69) is 33.4 Å².